The van der Waals surface area contributed by atoms with E-state index in [4.69, 9.17) is 4.42 Å². The Labute approximate surface area is 141 Å². The molecule has 25 heavy (non-hydrogen) atoms. The second kappa shape index (κ2) is 6.27. The van der Waals surface area contributed by atoms with E-state index >= 15 is 0 Å². The van der Waals surface area contributed by atoms with Crippen LogP contribution in [0.5, 0.6) is 5.75 Å². The lowest BCUT2D eigenvalue weighted by molar-refractivity contribution is -0.152. The van der Waals surface area contributed by atoms with Crippen LogP contribution in [0.4, 0.5) is 13.2 Å². The molecule has 0 amide bonds. The molecule has 0 aliphatic rings. The van der Waals surface area contributed by atoms with Crippen molar-refractivity contribution in [2.75, 3.05) is 0 Å². The van der Waals surface area contributed by atoms with Crippen molar-refractivity contribution < 1.29 is 22.7 Å². The first-order valence-corrected chi connectivity index (χ1v) is 7.77. The normalized spacial score (nSPS) is 11.8. The Kier molecular flexibility index (Phi) is 4.29. The maximum atomic E-state index is 13.4. The molecule has 0 radical (unpaired) electrons. The monoisotopic (exact) mass is 348 g/mol. The van der Waals surface area contributed by atoms with Crippen molar-refractivity contribution in [3.63, 3.8) is 0 Å². The van der Waals surface area contributed by atoms with Crippen LogP contribution < -0.4 is 5.43 Å². The summed E-state index contributed by atoms with van der Waals surface area (Å²) in [6, 6.07) is 9.91. The average Bonchev–Trinajstić information content (AvgIpc) is 2.55. The fourth-order valence-corrected chi connectivity index (χ4v) is 2.77. The zero-order chi connectivity index (χ0) is 18.2. The van der Waals surface area contributed by atoms with E-state index in [1.807, 2.05) is 6.92 Å². The Hall–Kier alpha value is -2.76. The minimum atomic E-state index is -4.84. The number of aryl methyl sites for hydroxylation is 1. The lowest BCUT2D eigenvalue weighted by Gasteiger charge is -2.13. The molecule has 0 saturated carbocycles. The molecule has 0 atom stereocenters. The lowest BCUT2D eigenvalue weighted by Crippen LogP contribution is -2.16. The van der Waals surface area contributed by atoms with Gasteiger partial charge in [0.15, 0.2) is 0 Å². The number of phenolic OH excluding ortho intramolecular Hbond substituents is 1. The van der Waals surface area contributed by atoms with E-state index in [0.717, 1.165) is 24.5 Å². The second-order valence-electron chi connectivity index (χ2n) is 5.76. The van der Waals surface area contributed by atoms with E-state index in [0.29, 0.717) is 0 Å². The Morgan fingerprint density at radius 1 is 1.08 bits per heavy atom. The van der Waals surface area contributed by atoms with Gasteiger partial charge in [-0.1, -0.05) is 37.6 Å². The van der Waals surface area contributed by atoms with Crippen LogP contribution in [-0.2, 0) is 12.6 Å². The van der Waals surface area contributed by atoms with Gasteiger partial charge < -0.3 is 9.52 Å². The highest BCUT2D eigenvalue weighted by atomic mass is 19.4. The van der Waals surface area contributed by atoms with Crippen molar-refractivity contribution in [2.45, 2.75) is 25.9 Å². The molecule has 0 aliphatic heterocycles. The van der Waals surface area contributed by atoms with Crippen molar-refractivity contribution in [3.8, 4) is 16.9 Å². The zero-order valence-corrected chi connectivity index (χ0v) is 13.4. The van der Waals surface area contributed by atoms with Crippen molar-refractivity contribution in [2.24, 2.45) is 0 Å². The van der Waals surface area contributed by atoms with Crippen LogP contribution in [0.15, 0.2) is 51.7 Å². The fraction of sp³-hybridized carbons (Fsp3) is 0.211. The van der Waals surface area contributed by atoms with Gasteiger partial charge in [0.2, 0.25) is 11.2 Å². The smallest absolute Gasteiger partial charge is 0.450 e. The highest BCUT2D eigenvalue weighted by Crippen LogP contribution is 2.37. The molecule has 3 rings (SSSR count). The molecular formula is C19H15F3O3. The third kappa shape index (κ3) is 3.24. The van der Waals surface area contributed by atoms with Crippen molar-refractivity contribution in [1.29, 1.82) is 0 Å². The first-order chi connectivity index (χ1) is 11.8. The van der Waals surface area contributed by atoms with Crippen LogP contribution in [0.1, 0.15) is 24.7 Å². The van der Waals surface area contributed by atoms with Crippen molar-refractivity contribution in [1.82, 2.24) is 0 Å². The number of phenols is 1. The van der Waals surface area contributed by atoms with Crippen LogP contribution >= 0.6 is 0 Å². The molecule has 0 bridgehead atoms. The van der Waals surface area contributed by atoms with Crippen molar-refractivity contribution in [3.05, 3.63) is 64.0 Å². The van der Waals surface area contributed by atoms with Gasteiger partial charge in [-0.05, 0) is 29.7 Å². The Bertz CT molecular complexity index is 970. The number of alkyl halides is 3. The van der Waals surface area contributed by atoms with E-state index in [2.05, 4.69) is 0 Å². The maximum absolute atomic E-state index is 13.4. The molecule has 0 unspecified atom stereocenters. The van der Waals surface area contributed by atoms with Crippen molar-refractivity contribution >= 4 is 11.0 Å². The number of hydrogen-bond acceptors (Lipinski definition) is 3. The summed E-state index contributed by atoms with van der Waals surface area (Å²) in [6.45, 7) is 2.00. The van der Waals surface area contributed by atoms with Gasteiger partial charge in [0.05, 0.1) is 10.9 Å². The summed E-state index contributed by atoms with van der Waals surface area (Å²) in [4.78, 5) is 12.7. The molecular weight excluding hydrogens is 333 g/mol. The van der Waals surface area contributed by atoms with Gasteiger partial charge in [-0.3, -0.25) is 4.79 Å². The fourth-order valence-electron chi connectivity index (χ4n) is 2.77. The molecule has 1 aromatic heterocycles. The van der Waals surface area contributed by atoms with Gasteiger partial charge in [-0.2, -0.15) is 13.2 Å². The number of hydrogen-bond donors (Lipinski definition) is 1. The predicted octanol–water partition coefficient (Wildman–Crippen LogP) is 5.14. The van der Waals surface area contributed by atoms with Gasteiger partial charge in [-0.15, -0.1) is 0 Å². The molecule has 0 saturated heterocycles. The van der Waals surface area contributed by atoms with Crippen LogP contribution in [-0.4, -0.2) is 5.11 Å². The molecule has 2 aromatic carbocycles. The Morgan fingerprint density at radius 3 is 2.36 bits per heavy atom. The summed E-state index contributed by atoms with van der Waals surface area (Å²) in [5.74, 6) is -1.64. The molecule has 130 valence electrons. The Balaban J connectivity index is 2.30. The average molecular weight is 348 g/mol. The van der Waals surface area contributed by atoms with Gasteiger partial charge in [-0.25, -0.2) is 0 Å². The van der Waals surface area contributed by atoms with E-state index in [1.54, 1.807) is 12.1 Å². The molecule has 0 fully saturated rings. The van der Waals surface area contributed by atoms with E-state index in [1.165, 1.54) is 24.3 Å². The number of aromatic hydroxyl groups is 1. The summed E-state index contributed by atoms with van der Waals surface area (Å²) in [7, 11) is 0. The second-order valence-corrected chi connectivity index (χ2v) is 5.76. The highest BCUT2D eigenvalue weighted by Gasteiger charge is 2.39. The van der Waals surface area contributed by atoms with E-state index in [9.17, 15) is 23.1 Å². The van der Waals surface area contributed by atoms with E-state index < -0.39 is 22.9 Å². The molecule has 0 aliphatic carbocycles. The number of rotatable bonds is 3. The van der Waals surface area contributed by atoms with Gasteiger partial charge in [0, 0.05) is 6.07 Å². The van der Waals surface area contributed by atoms with E-state index in [-0.39, 0.29) is 22.3 Å². The van der Waals surface area contributed by atoms with Crippen LogP contribution in [0.3, 0.4) is 0 Å². The van der Waals surface area contributed by atoms with Crippen LogP contribution in [0.2, 0.25) is 0 Å². The SMILES string of the molecule is CCCc1ccc(-c2c(C(F)(F)F)oc3cc(O)ccc3c2=O)cc1. The summed E-state index contributed by atoms with van der Waals surface area (Å²) in [5.41, 5.74) is -0.472. The molecule has 3 nitrogen and oxygen atoms in total. The zero-order valence-electron chi connectivity index (χ0n) is 13.4. The molecule has 3 aromatic rings. The largest absolute Gasteiger partial charge is 0.508 e. The summed E-state index contributed by atoms with van der Waals surface area (Å²) in [5, 5.41) is 9.42. The van der Waals surface area contributed by atoms with Gasteiger partial charge in [0.1, 0.15) is 11.3 Å². The third-order valence-electron chi connectivity index (χ3n) is 3.91. The van der Waals surface area contributed by atoms with Crippen LogP contribution in [0, 0.1) is 0 Å². The Morgan fingerprint density at radius 2 is 1.76 bits per heavy atom. The predicted molar refractivity (Wildman–Crippen MR) is 88.6 cm³/mol. The minimum absolute atomic E-state index is 0.0153. The molecule has 0 spiro atoms. The maximum Gasteiger partial charge on any atom is 0.450 e. The minimum Gasteiger partial charge on any atom is -0.508 e. The molecule has 6 heteroatoms. The van der Waals surface area contributed by atoms with Gasteiger partial charge in [0.25, 0.3) is 0 Å². The summed E-state index contributed by atoms with van der Waals surface area (Å²) < 4.78 is 45.3. The molecule has 1 heterocycles. The third-order valence-corrected chi connectivity index (χ3v) is 3.91. The summed E-state index contributed by atoms with van der Waals surface area (Å²) >= 11 is 0. The topological polar surface area (TPSA) is 50.4 Å². The quantitative estimate of drug-likeness (QED) is 0.713. The van der Waals surface area contributed by atoms with Crippen LogP contribution in [0.25, 0.3) is 22.1 Å². The number of benzene rings is 2. The number of fused-ring (bicyclic) bond motifs is 1. The van der Waals surface area contributed by atoms with Gasteiger partial charge >= 0.3 is 6.18 Å². The first kappa shape index (κ1) is 17.1. The number of halogens is 3. The highest BCUT2D eigenvalue weighted by molar-refractivity contribution is 5.84. The molecule has 1 N–H and O–H groups in total. The standard InChI is InChI=1S/C19H15F3O3/c1-2-3-11-4-6-12(7-5-11)16-17(24)14-9-8-13(23)10-15(14)25-18(16)19(20,21)22/h4-10,23H,2-3H2,1H3. The summed E-state index contributed by atoms with van der Waals surface area (Å²) in [6.07, 6.45) is -3.12. The lowest BCUT2D eigenvalue weighted by atomic mass is 9.99. The first-order valence-electron chi connectivity index (χ1n) is 7.77.